The van der Waals surface area contributed by atoms with Crippen molar-refractivity contribution in [3.63, 3.8) is 0 Å². The number of nitrogens with zero attached hydrogens (tertiary/aromatic N) is 3. The fraction of sp³-hybridized carbons (Fsp3) is 0.318. The second-order valence-corrected chi connectivity index (χ2v) is 8.44. The van der Waals surface area contributed by atoms with E-state index < -0.39 is 0 Å². The topological polar surface area (TPSA) is 58.1 Å². The molecule has 152 valence electrons. The Bertz CT molecular complexity index is 1000. The average Bonchev–Trinajstić information content (AvgIpc) is 3.13. The van der Waals surface area contributed by atoms with Crippen molar-refractivity contribution in [1.29, 1.82) is 0 Å². The van der Waals surface area contributed by atoms with Crippen LogP contribution >= 0.6 is 11.3 Å². The molecule has 3 rings (SSSR count). The lowest BCUT2D eigenvalue weighted by Crippen LogP contribution is -2.27. The van der Waals surface area contributed by atoms with Gasteiger partial charge in [-0.2, -0.15) is 0 Å². The third-order valence-corrected chi connectivity index (χ3v) is 5.51. The van der Waals surface area contributed by atoms with E-state index in [0.29, 0.717) is 23.5 Å². The number of nitrogens with one attached hydrogen (secondary N) is 1. The summed E-state index contributed by atoms with van der Waals surface area (Å²) in [6.07, 6.45) is 0.446. The lowest BCUT2D eigenvalue weighted by Gasteiger charge is -2.16. The van der Waals surface area contributed by atoms with Gasteiger partial charge in [0.25, 0.3) is 0 Å². The number of hydrogen-bond acceptors (Lipinski definition) is 5. The van der Waals surface area contributed by atoms with Gasteiger partial charge >= 0.3 is 0 Å². The first-order chi connectivity index (χ1) is 13.8. The molecule has 0 saturated carbocycles. The van der Waals surface area contributed by atoms with Gasteiger partial charge in [0.15, 0.2) is 0 Å². The highest BCUT2D eigenvalue weighted by molar-refractivity contribution is 7.14. The maximum Gasteiger partial charge on any atom is 0.217 e. The zero-order valence-electron chi connectivity index (χ0n) is 17.1. The normalized spacial score (nSPS) is 12.2. The Kier molecular flexibility index (Phi) is 6.71. The molecule has 0 radical (unpaired) electrons. The molecular formula is C22H25FN4OS. The van der Waals surface area contributed by atoms with Crippen molar-refractivity contribution in [3.05, 3.63) is 70.0 Å². The van der Waals surface area contributed by atoms with Crippen LogP contribution in [0.25, 0.3) is 10.6 Å². The van der Waals surface area contributed by atoms with Crippen LogP contribution in [-0.4, -0.2) is 35.1 Å². The molecule has 29 heavy (non-hydrogen) atoms. The molecule has 0 aliphatic heterocycles. The first-order valence-corrected chi connectivity index (χ1v) is 10.2. The van der Waals surface area contributed by atoms with Gasteiger partial charge in [0.1, 0.15) is 15.8 Å². The van der Waals surface area contributed by atoms with Crippen LogP contribution in [0.1, 0.15) is 34.7 Å². The van der Waals surface area contributed by atoms with Crippen molar-refractivity contribution in [1.82, 2.24) is 20.4 Å². The number of carbonyl (C=O) groups is 1. The second kappa shape index (κ2) is 9.24. The van der Waals surface area contributed by atoms with Gasteiger partial charge in [-0.05, 0) is 45.1 Å². The minimum absolute atomic E-state index is 0.160. The molecule has 0 bridgehead atoms. The maximum atomic E-state index is 14.4. The van der Waals surface area contributed by atoms with E-state index in [-0.39, 0.29) is 17.8 Å². The maximum absolute atomic E-state index is 14.4. The molecule has 0 aliphatic rings. The second-order valence-electron chi connectivity index (χ2n) is 7.44. The van der Waals surface area contributed by atoms with E-state index in [2.05, 4.69) is 21.6 Å². The minimum Gasteiger partial charge on any atom is -0.347 e. The number of aromatic nitrogens is 2. The van der Waals surface area contributed by atoms with Crippen molar-refractivity contribution >= 4 is 17.2 Å². The fourth-order valence-electron chi connectivity index (χ4n) is 3.14. The number of amides is 1. The molecule has 1 heterocycles. The first kappa shape index (κ1) is 21.1. The number of halogens is 1. The Morgan fingerprint density at radius 3 is 2.66 bits per heavy atom. The summed E-state index contributed by atoms with van der Waals surface area (Å²) in [7, 11) is 3.81. The lowest BCUT2D eigenvalue weighted by atomic mass is 10.0. The van der Waals surface area contributed by atoms with Crippen molar-refractivity contribution < 1.29 is 9.18 Å². The Morgan fingerprint density at radius 2 is 2.00 bits per heavy atom. The van der Waals surface area contributed by atoms with Crippen molar-refractivity contribution in [2.45, 2.75) is 32.9 Å². The summed E-state index contributed by atoms with van der Waals surface area (Å²) in [6, 6.07) is 12.9. The van der Waals surface area contributed by atoms with E-state index >= 15 is 0 Å². The monoisotopic (exact) mass is 412 g/mol. The van der Waals surface area contributed by atoms with E-state index in [0.717, 1.165) is 21.7 Å². The van der Waals surface area contributed by atoms with Gasteiger partial charge in [0.2, 0.25) is 5.91 Å². The summed E-state index contributed by atoms with van der Waals surface area (Å²) >= 11 is 1.44. The lowest BCUT2D eigenvalue weighted by molar-refractivity contribution is -0.119. The van der Waals surface area contributed by atoms with Crippen LogP contribution in [0.3, 0.4) is 0 Å². The van der Waals surface area contributed by atoms with Crippen LogP contribution in [0.5, 0.6) is 0 Å². The Hall–Kier alpha value is -2.64. The molecule has 1 N–H and O–H groups in total. The predicted octanol–water partition coefficient (Wildman–Crippen LogP) is 4.13. The molecule has 7 heteroatoms. The summed E-state index contributed by atoms with van der Waals surface area (Å²) < 4.78 is 14.4. The van der Waals surface area contributed by atoms with E-state index in [1.165, 1.54) is 24.3 Å². The number of carbonyl (C=O) groups excluding carboxylic acids is 1. The Morgan fingerprint density at radius 1 is 1.21 bits per heavy atom. The van der Waals surface area contributed by atoms with Crippen molar-refractivity contribution in [3.8, 4) is 10.6 Å². The van der Waals surface area contributed by atoms with Gasteiger partial charge in [-0.3, -0.25) is 4.79 Å². The number of rotatable bonds is 7. The Balaban J connectivity index is 1.84. The molecule has 0 saturated heterocycles. The third-order valence-electron chi connectivity index (χ3n) is 4.43. The molecule has 3 aromatic rings. The number of hydrogen-bond donors (Lipinski definition) is 1. The summed E-state index contributed by atoms with van der Waals surface area (Å²) in [5.74, 6) is -0.400. The van der Waals surface area contributed by atoms with Crippen molar-refractivity contribution in [2.24, 2.45) is 0 Å². The fourth-order valence-corrected chi connectivity index (χ4v) is 4.03. The third kappa shape index (κ3) is 5.68. The van der Waals surface area contributed by atoms with E-state index in [1.807, 2.05) is 50.2 Å². The number of aryl methyl sites for hydroxylation is 1. The molecule has 0 spiro atoms. The Labute approximate surface area is 174 Å². The molecule has 1 atom stereocenters. The van der Waals surface area contributed by atoms with Crippen LogP contribution in [0.2, 0.25) is 0 Å². The van der Waals surface area contributed by atoms with Crippen LogP contribution in [0.4, 0.5) is 4.39 Å². The zero-order valence-corrected chi connectivity index (χ0v) is 17.9. The van der Waals surface area contributed by atoms with Gasteiger partial charge in [0, 0.05) is 24.6 Å². The predicted molar refractivity (Wildman–Crippen MR) is 114 cm³/mol. The molecule has 1 amide bonds. The SMILES string of the molecule is CC(=O)NC(Cc1ccc(CN(C)C)c(F)c1)c1nnc(-c2cccc(C)c2)s1. The molecule has 1 unspecified atom stereocenters. The minimum atomic E-state index is -0.359. The molecule has 0 aliphatic carbocycles. The highest BCUT2D eigenvalue weighted by Crippen LogP contribution is 2.29. The smallest absolute Gasteiger partial charge is 0.217 e. The molecule has 5 nitrogen and oxygen atoms in total. The van der Waals surface area contributed by atoms with Gasteiger partial charge in [-0.15, -0.1) is 10.2 Å². The highest BCUT2D eigenvalue weighted by atomic mass is 32.1. The standard InChI is InChI=1S/C22H25FN4OS/c1-14-6-5-7-17(10-14)21-25-26-22(29-21)20(24-15(2)28)12-16-8-9-18(13-27(3)4)19(23)11-16/h5-11,20H,12-13H2,1-4H3,(H,24,28). The highest BCUT2D eigenvalue weighted by Gasteiger charge is 2.20. The summed E-state index contributed by atoms with van der Waals surface area (Å²) in [6.45, 7) is 4.04. The van der Waals surface area contributed by atoms with Crippen molar-refractivity contribution in [2.75, 3.05) is 14.1 Å². The quantitative estimate of drug-likeness (QED) is 0.634. The van der Waals surface area contributed by atoms with Gasteiger partial charge < -0.3 is 10.2 Å². The van der Waals surface area contributed by atoms with E-state index in [9.17, 15) is 9.18 Å². The van der Waals surface area contributed by atoms with Gasteiger partial charge in [0.05, 0.1) is 6.04 Å². The molecule has 2 aromatic carbocycles. The van der Waals surface area contributed by atoms with Crippen LogP contribution < -0.4 is 5.32 Å². The molecule has 1 aromatic heterocycles. The largest absolute Gasteiger partial charge is 0.347 e. The molecular weight excluding hydrogens is 387 g/mol. The summed E-state index contributed by atoms with van der Waals surface area (Å²) in [5, 5.41) is 13.0. The summed E-state index contributed by atoms with van der Waals surface area (Å²) in [5.41, 5.74) is 3.59. The average molecular weight is 413 g/mol. The van der Waals surface area contributed by atoms with Gasteiger partial charge in [-0.25, -0.2) is 4.39 Å². The van der Waals surface area contributed by atoms with Gasteiger partial charge in [-0.1, -0.05) is 47.2 Å². The van der Waals surface area contributed by atoms with Crippen LogP contribution in [0.15, 0.2) is 42.5 Å². The van der Waals surface area contributed by atoms with Crippen LogP contribution in [0, 0.1) is 12.7 Å². The first-order valence-electron chi connectivity index (χ1n) is 9.41. The van der Waals surface area contributed by atoms with Crippen LogP contribution in [-0.2, 0) is 17.8 Å². The van der Waals surface area contributed by atoms with E-state index in [1.54, 1.807) is 6.07 Å². The summed E-state index contributed by atoms with van der Waals surface area (Å²) in [4.78, 5) is 13.7. The van der Waals surface area contributed by atoms with E-state index in [4.69, 9.17) is 0 Å². The number of benzene rings is 2. The molecule has 0 fully saturated rings. The zero-order chi connectivity index (χ0) is 21.0.